The van der Waals surface area contributed by atoms with Gasteiger partial charge in [-0.25, -0.2) is 0 Å². The SMILES string of the molecule is COc1ccccc1O[C@H]1CC(=O)N1. The Balaban J connectivity index is 2.04. The highest BCUT2D eigenvalue weighted by Crippen LogP contribution is 2.27. The third-order valence-electron chi connectivity index (χ3n) is 2.03. The molecule has 1 aliphatic rings. The molecule has 4 heteroatoms. The van der Waals surface area contributed by atoms with Crippen molar-refractivity contribution in [2.45, 2.75) is 12.6 Å². The normalized spacial score (nSPS) is 19.5. The van der Waals surface area contributed by atoms with E-state index >= 15 is 0 Å². The van der Waals surface area contributed by atoms with E-state index in [-0.39, 0.29) is 12.1 Å². The number of benzene rings is 1. The van der Waals surface area contributed by atoms with Crippen LogP contribution >= 0.6 is 0 Å². The second-order valence-corrected chi connectivity index (χ2v) is 3.03. The zero-order chi connectivity index (χ0) is 9.97. The van der Waals surface area contributed by atoms with Crippen molar-refractivity contribution in [2.75, 3.05) is 7.11 Å². The number of carbonyl (C=O) groups excluding carboxylic acids is 1. The van der Waals surface area contributed by atoms with Gasteiger partial charge in [-0.3, -0.25) is 4.79 Å². The Hall–Kier alpha value is -1.71. The van der Waals surface area contributed by atoms with Gasteiger partial charge in [0.15, 0.2) is 17.7 Å². The molecule has 1 aromatic rings. The summed E-state index contributed by atoms with van der Waals surface area (Å²) >= 11 is 0. The van der Waals surface area contributed by atoms with E-state index in [0.29, 0.717) is 17.9 Å². The Morgan fingerprint density at radius 1 is 1.36 bits per heavy atom. The van der Waals surface area contributed by atoms with Crippen LogP contribution in [-0.2, 0) is 4.79 Å². The molecule has 4 nitrogen and oxygen atoms in total. The second kappa shape index (κ2) is 3.57. The fourth-order valence-electron chi connectivity index (χ4n) is 1.27. The number of rotatable bonds is 3. The molecule has 1 heterocycles. The number of β-lactam (4-membered cyclic amide) rings is 1. The molecule has 0 spiro atoms. The Bertz CT molecular complexity index is 343. The molecule has 1 aliphatic heterocycles. The van der Waals surface area contributed by atoms with Crippen molar-refractivity contribution >= 4 is 5.91 Å². The molecule has 74 valence electrons. The van der Waals surface area contributed by atoms with Crippen LogP contribution in [0, 0.1) is 0 Å². The third-order valence-corrected chi connectivity index (χ3v) is 2.03. The third kappa shape index (κ3) is 1.64. The van der Waals surface area contributed by atoms with Crippen LogP contribution in [0.25, 0.3) is 0 Å². The Morgan fingerprint density at radius 3 is 2.57 bits per heavy atom. The smallest absolute Gasteiger partial charge is 0.228 e. The van der Waals surface area contributed by atoms with E-state index in [2.05, 4.69) is 5.32 Å². The molecule has 1 fully saturated rings. The molecule has 0 aromatic heterocycles. The molecule has 0 bridgehead atoms. The van der Waals surface area contributed by atoms with Crippen LogP contribution in [0.4, 0.5) is 0 Å². The summed E-state index contributed by atoms with van der Waals surface area (Å²) in [6.07, 6.45) is 0.205. The fourth-order valence-corrected chi connectivity index (χ4v) is 1.27. The second-order valence-electron chi connectivity index (χ2n) is 3.03. The van der Waals surface area contributed by atoms with Crippen LogP contribution in [-0.4, -0.2) is 19.2 Å². The van der Waals surface area contributed by atoms with Gasteiger partial charge in [0, 0.05) is 0 Å². The zero-order valence-corrected chi connectivity index (χ0v) is 7.82. The van der Waals surface area contributed by atoms with Crippen LogP contribution < -0.4 is 14.8 Å². The van der Waals surface area contributed by atoms with Crippen molar-refractivity contribution in [3.8, 4) is 11.5 Å². The number of nitrogens with one attached hydrogen (secondary N) is 1. The van der Waals surface area contributed by atoms with Crippen LogP contribution in [0.5, 0.6) is 11.5 Å². The number of carbonyl (C=O) groups is 1. The predicted octanol–water partition coefficient (Wildman–Crippen LogP) is 0.920. The lowest BCUT2D eigenvalue weighted by molar-refractivity contribution is -0.134. The standard InChI is InChI=1S/C10H11NO3/c1-13-7-4-2-3-5-8(7)14-10-6-9(12)11-10/h2-5,10H,6H2,1H3,(H,11,12)/t10-/m0/s1. The summed E-state index contributed by atoms with van der Waals surface area (Å²) in [5.41, 5.74) is 0. The monoisotopic (exact) mass is 193 g/mol. The maximum atomic E-state index is 10.6. The van der Waals surface area contributed by atoms with Crippen LogP contribution in [0.2, 0.25) is 0 Å². The molecule has 2 rings (SSSR count). The fraction of sp³-hybridized carbons (Fsp3) is 0.300. The Labute approximate surface area is 81.8 Å². The first-order valence-electron chi connectivity index (χ1n) is 4.38. The number of hydrogen-bond donors (Lipinski definition) is 1. The lowest BCUT2D eigenvalue weighted by Gasteiger charge is -2.27. The lowest BCUT2D eigenvalue weighted by atomic mass is 10.2. The molecular formula is C10H11NO3. The predicted molar refractivity (Wildman–Crippen MR) is 50.2 cm³/mol. The summed E-state index contributed by atoms with van der Waals surface area (Å²) in [7, 11) is 1.58. The average molecular weight is 193 g/mol. The highest BCUT2D eigenvalue weighted by molar-refractivity contribution is 5.82. The van der Waals surface area contributed by atoms with Gasteiger partial charge in [-0.05, 0) is 12.1 Å². The Kier molecular flexibility index (Phi) is 2.26. The van der Waals surface area contributed by atoms with E-state index < -0.39 is 0 Å². The minimum absolute atomic E-state index is 0.0184. The van der Waals surface area contributed by atoms with E-state index in [1.807, 2.05) is 24.3 Å². The van der Waals surface area contributed by atoms with E-state index in [1.54, 1.807) is 7.11 Å². The quantitative estimate of drug-likeness (QED) is 0.726. The van der Waals surface area contributed by atoms with Crippen LogP contribution in [0.15, 0.2) is 24.3 Å². The average Bonchev–Trinajstić information content (AvgIpc) is 2.16. The number of amides is 1. The molecule has 1 N–H and O–H groups in total. The lowest BCUT2D eigenvalue weighted by Crippen LogP contribution is -2.51. The van der Waals surface area contributed by atoms with Gasteiger partial charge in [0.25, 0.3) is 0 Å². The molecule has 0 unspecified atom stereocenters. The van der Waals surface area contributed by atoms with Gasteiger partial charge in [-0.15, -0.1) is 0 Å². The maximum absolute atomic E-state index is 10.6. The van der Waals surface area contributed by atoms with Crippen molar-refractivity contribution in [3.05, 3.63) is 24.3 Å². The van der Waals surface area contributed by atoms with Crippen LogP contribution in [0.3, 0.4) is 0 Å². The molecule has 0 radical (unpaired) electrons. The summed E-state index contributed by atoms with van der Waals surface area (Å²) in [4.78, 5) is 10.6. The molecule has 1 aromatic carbocycles. The molecule has 1 amide bonds. The molecule has 14 heavy (non-hydrogen) atoms. The Morgan fingerprint density at radius 2 is 2.00 bits per heavy atom. The van der Waals surface area contributed by atoms with Gasteiger partial charge in [0.2, 0.25) is 5.91 Å². The van der Waals surface area contributed by atoms with Gasteiger partial charge in [0.05, 0.1) is 13.5 Å². The first-order chi connectivity index (χ1) is 6.79. The summed E-state index contributed by atoms with van der Waals surface area (Å²) in [6.45, 7) is 0. The van der Waals surface area contributed by atoms with Gasteiger partial charge in [0.1, 0.15) is 0 Å². The first kappa shape index (κ1) is 8.87. The maximum Gasteiger partial charge on any atom is 0.228 e. The minimum atomic E-state index is -0.209. The van der Waals surface area contributed by atoms with Gasteiger partial charge in [-0.1, -0.05) is 12.1 Å². The summed E-state index contributed by atoms with van der Waals surface area (Å²) < 4.78 is 10.6. The summed E-state index contributed by atoms with van der Waals surface area (Å²) in [5.74, 6) is 1.35. The zero-order valence-electron chi connectivity index (χ0n) is 7.82. The van der Waals surface area contributed by atoms with E-state index in [9.17, 15) is 4.79 Å². The highest BCUT2D eigenvalue weighted by atomic mass is 16.5. The van der Waals surface area contributed by atoms with E-state index in [0.717, 1.165) is 0 Å². The topological polar surface area (TPSA) is 47.6 Å². The van der Waals surface area contributed by atoms with Crippen molar-refractivity contribution in [1.29, 1.82) is 0 Å². The summed E-state index contributed by atoms with van der Waals surface area (Å²) in [5, 5.41) is 2.63. The van der Waals surface area contributed by atoms with Crippen molar-refractivity contribution in [2.24, 2.45) is 0 Å². The molecule has 0 aliphatic carbocycles. The summed E-state index contributed by atoms with van der Waals surface area (Å²) in [6, 6.07) is 7.35. The minimum Gasteiger partial charge on any atom is -0.493 e. The number of hydrogen-bond acceptors (Lipinski definition) is 3. The molecule has 0 saturated carbocycles. The van der Waals surface area contributed by atoms with E-state index in [4.69, 9.17) is 9.47 Å². The van der Waals surface area contributed by atoms with Crippen LogP contribution in [0.1, 0.15) is 6.42 Å². The van der Waals surface area contributed by atoms with Crippen molar-refractivity contribution < 1.29 is 14.3 Å². The van der Waals surface area contributed by atoms with Crippen molar-refractivity contribution in [1.82, 2.24) is 5.32 Å². The first-order valence-corrected chi connectivity index (χ1v) is 4.38. The highest BCUT2D eigenvalue weighted by Gasteiger charge is 2.27. The van der Waals surface area contributed by atoms with E-state index in [1.165, 1.54) is 0 Å². The van der Waals surface area contributed by atoms with Gasteiger partial charge in [-0.2, -0.15) is 0 Å². The number of ether oxygens (including phenoxy) is 2. The van der Waals surface area contributed by atoms with Gasteiger partial charge >= 0.3 is 0 Å². The van der Waals surface area contributed by atoms with Crippen molar-refractivity contribution in [3.63, 3.8) is 0 Å². The number of methoxy groups -OCH3 is 1. The largest absolute Gasteiger partial charge is 0.493 e. The molecular weight excluding hydrogens is 182 g/mol. The van der Waals surface area contributed by atoms with Gasteiger partial charge < -0.3 is 14.8 Å². The molecule has 1 saturated heterocycles. The number of para-hydroxylation sites is 2. The molecule has 1 atom stereocenters.